The summed E-state index contributed by atoms with van der Waals surface area (Å²) in [7, 11) is 1.58. The number of ether oxygens (including phenoxy) is 3. The molecule has 212 valence electrons. The van der Waals surface area contributed by atoms with Crippen molar-refractivity contribution >= 4 is 35.1 Å². The van der Waals surface area contributed by atoms with Crippen LogP contribution in [-0.2, 0) is 25.7 Å². The molecule has 6 nitrogen and oxygen atoms in total. The predicted octanol–water partition coefficient (Wildman–Crippen LogP) is 6.62. The number of hydrogen-bond acceptors (Lipinski definition) is 5. The van der Waals surface area contributed by atoms with E-state index in [0.717, 1.165) is 48.8 Å². The molecular weight excluding hydrogens is 549 g/mol. The van der Waals surface area contributed by atoms with Crippen molar-refractivity contribution in [2.75, 3.05) is 26.1 Å². The number of benzene rings is 2. The van der Waals surface area contributed by atoms with Crippen LogP contribution >= 0.6 is 23.2 Å². The van der Waals surface area contributed by atoms with Gasteiger partial charge in [-0.05, 0) is 62.4 Å². The van der Waals surface area contributed by atoms with Crippen molar-refractivity contribution in [3.05, 3.63) is 75.4 Å². The monoisotopic (exact) mass is 583 g/mol. The molecule has 0 unspecified atom stereocenters. The van der Waals surface area contributed by atoms with E-state index in [0.29, 0.717) is 41.1 Å². The molecule has 4 rings (SSSR count). The summed E-state index contributed by atoms with van der Waals surface area (Å²) >= 11 is 11.8. The number of allylic oxidation sites excluding steroid dienone is 1. The highest BCUT2D eigenvalue weighted by atomic mass is 35.5. The number of unbranched alkanes of at least 4 members (excludes halogenated alkanes) is 2. The van der Waals surface area contributed by atoms with Gasteiger partial charge < -0.3 is 19.1 Å². The summed E-state index contributed by atoms with van der Waals surface area (Å²) in [4.78, 5) is 28.6. The lowest BCUT2D eigenvalue weighted by molar-refractivity contribution is -0.141. The topological polar surface area (TPSA) is 65.1 Å². The summed E-state index contributed by atoms with van der Waals surface area (Å²) in [6, 6.07) is 12.9. The lowest BCUT2D eigenvalue weighted by Crippen LogP contribution is -2.42. The third-order valence-corrected chi connectivity index (χ3v) is 7.81. The van der Waals surface area contributed by atoms with Gasteiger partial charge in [-0.3, -0.25) is 4.79 Å². The first-order valence-electron chi connectivity index (χ1n) is 13.7. The van der Waals surface area contributed by atoms with E-state index in [-0.39, 0.29) is 25.0 Å². The van der Waals surface area contributed by atoms with Gasteiger partial charge in [0.05, 0.1) is 25.3 Å². The maximum atomic E-state index is 13.7. The smallest absolute Gasteiger partial charge is 0.336 e. The normalized spacial score (nSPS) is 18.9. The molecule has 1 saturated heterocycles. The summed E-state index contributed by atoms with van der Waals surface area (Å²) in [5.41, 5.74) is 3.47. The van der Waals surface area contributed by atoms with Crippen LogP contribution in [0.3, 0.4) is 0 Å². The predicted molar refractivity (Wildman–Crippen MR) is 156 cm³/mol. The Kier molecular flexibility index (Phi) is 10.9. The first-order chi connectivity index (χ1) is 19.4. The summed E-state index contributed by atoms with van der Waals surface area (Å²) in [5, 5.41) is 0.589. The van der Waals surface area contributed by atoms with Crippen LogP contribution < -0.4 is 4.74 Å². The number of nitrogens with zero attached hydrogens (tertiary/aromatic N) is 1. The molecule has 2 heterocycles. The van der Waals surface area contributed by atoms with Crippen molar-refractivity contribution in [3.8, 4) is 17.6 Å². The molecule has 2 aliphatic heterocycles. The van der Waals surface area contributed by atoms with E-state index in [9.17, 15) is 9.59 Å². The zero-order valence-corrected chi connectivity index (χ0v) is 24.5. The fourth-order valence-corrected chi connectivity index (χ4v) is 5.42. The Hall–Kier alpha value is -2.98. The SMILES string of the molecule is COc1cc(C#CCCCCCl)ccc1COC(=O)C1=C(C)N(C[C@H]2CCCO2)C(=O)C[C@H]1c1ccc(Cl)cc1. The number of rotatable bonds is 10. The molecule has 2 aromatic rings. The van der Waals surface area contributed by atoms with E-state index in [1.165, 1.54) is 0 Å². The molecule has 0 saturated carbocycles. The Labute approximate surface area is 246 Å². The second kappa shape index (κ2) is 14.6. The molecule has 0 aliphatic carbocycles. The van der Waals surface area contributed by atoms with Gasteiger partial charge in [0, 0.05) is 53.1 Å². The number of halogens is 2. The van der Waals surface area contributed by atoms with E-state index >= 15 is 0 Å². The van der Waals surface area contributed by atoms with Crippen molar-refractivity contribution in [1.29, 1.82) is 0 Å². The Morgan fingerprint density at radius 2 is 1.98 bits per heavy atom. The molecule has 2 aliphatic rings. The summed E-state index contributed by atoms with van der Waals surface area (Å²) in [6.07, 6.45) is 4.68. The quantitative estimate of drug-likeness (QED) is 0.136. The van der Waals surface area contributed by atoms with Crippen molar-refractivity contribution in [3.63, 3.8) is 0 Å². The van der Waals surface area contributed by atoms with E-state index in [4.69, 9.17) is 37.4 Å². The molecule has 2 atom stereocenters. The maximum absolute atomic E-state index is 13.7. The van der Waals surface area contributed by atoms with E-state index < -0.39 is 11.9 Å². The van der Waals surface area contributed by atoms with Gasteiger partial charge >= 0.3 is 5.97 Å². The van der Waals surface area contributed by atoms with Crippen LogP contribution in [0.4, 0.5) is 0 Å². The van der Waals surface area contributed by atoms with Gasteiger partial charge in [-0.15, -0.1) is 11.6 Å². The first kappa shape index (κ1) is 30.0. The highest BCUT2D eigenvalue weighted by Crippen LogP contribution is 2.38. The number of hydrogen-bond donors (Lipinski definition) is 0. The third kappa shape index (κ3) is 7.60. The third-order valence-electron chi connectivity index (χ3n) is 7.29. The average molecular weight is 585 g/mol. The van der Waals surface area contributed by atoms with Crippen molar-refractivity contribution in [2.45, 2.75) is 64.1 Å². The number of methoxy groups -OCH3 is 1. The molecule has 1 amide bonds. The molecule has 0 N–H and O–H groups in total. The van der Waals surface area contributed by atoms with Crippen LogP contribution in [0.2, 0.25) is 5.02 Å². The fraction of sp³-hybridized carbons (Fsp3) is 0.438. The highest BCUT2D eigenvalue weighted by molar-refractivity contribution is 6.30. The molecule has 2 aromatic carbocycles. The highest BCUT2D eigenvalue weighted by Gasteiger charge is 2.38. The lowest BCUT2D eigenvalue weighted by Gasteiger charge is -2.35. The van der Waals surface area contributed by atoms with Crippen molar-refractivity contribution in [2.24, 2.45) is 0 Å². The molecule has 0 spiro atoms. The molecule has 0 bridgehead atoms. The molecular formula is C32H35Cl2NO5. The number of carbonyl (C=O) groups is 2. The Morgan fingerprint density at radius 3 is 2.67 bits per heavy atom. The van der Waals surface area contributed by atoms with Gasteiger partial charge in [0.2, 0.25) is 5.91 Å². The lowest BCUT2D eigenvalue weighted by atomic mass is 9.83. The minimum atomic E-state index is -0.465. The van der Waals surface area contributed by atoms with Crippen LogP contribution in [0.25, 0.3) is 0 Å². The van der Waals surface area contributed by atoms with E-state index in [1.807, 2.05) is 37.3 Å². The minimum Gasteiger partial charge on any atom is -0.496 e. The maximum Gasteiger partial charge on any atom is 0.336 e. The first-order valence-corrected chi connectivity index (χ1v) is 14.6. The Bertz CT molecular complexity index is 1290. The molecule has 0 aromatic heterocycles. The van der Waals surface area contributed by atoms with Gasteiger partial charge in [-0.1, -0.05) is 41.6 Å². The zero-order chi connectivity index (χ0) is 28.5. The minimum absolute atomic E-state index is 0.0231. The second-order valence-corrected chi connectivity index (χ2v) is 10.8. The molecule has 1 fully saturated rings. The van der Waals surface area contributed by atoms with Gasteiger partial charge in [-0.2, -0.15) is 0 Å². The van der Waals surface area contributed by atoms with Crippen LogP contribution in [-0.4, -0.2) is 49.0 Å². The van der Waals surface area contributed by atoms with Crippen LogP contribution in [0.5, 0.6) is 5.75 Å². The number of amides is 1. The Morgan fingerprint density at radius 1 is 1.18 bits per heavy atom. The second-order valence-electron chi connectivity index (χ2n) is 10.00. The number of esters is 1. The van der Waals surface area contributed by atoms with Crippen molar-refractivity contribution in [1.82, 2.24) is 4.90 Å². The largest absolute Gasteiger partial charge is 0.496 e. The molecule has 8 heteroatoms. The fourth-order valence-electron chi connectivity index (χ4n) is 5.11. The van der Waals surface area contributed by atoms with E-state index in [1.54, 1.807) is 24.1 Å². The van der Waals surface area contributed by atoms with Crippen LogP contribution in [0.1, 0.15) is 68.1 Å². The number of carbonyl (C=O) groups excluding carboxylic acids is 2. The van der Waals surface area contributed by atoms with Crippen LogP contribution in [0, 0.1) is 11.8 Å². The van der Waals surface area contributed by atoms with Gasteiger partial charge in [0.25, 0.3) is 0 Å². The number of alkyl halides is 1. The molecule has 0 radical (unpaired) electrons. The Balaban J connectivity index is 1.55. The average Bonchev–Trinajstić information content (AvgIpc) is 3.47. The van der Waals surface area contributed by atoms with Gasteiger partial charge in [0.15, 0.2) is 0 Å². The molecule has 40 heavy (non-hydrogen) atoms. The van der Waals surface area contributed by atoms with Gasteiger partial charge in [-0.25, -0.2) is 4.79 Å². The zero-order valence-electron chi connectivity index (χ0n) is 23.0. The van der Waals surface area contributed by atoms with E-state index in [2.05, 4.69) is 11.8 Å². The standard InChI is InChI=1S/C32H35Cl2NO5/c1-22-31(32(37)40-21-25-11-10-23(18-29(25)38-2)8-5-3-4-6-16-33)28(24-12-14-26(34)15-13-24)19-30(36)35(22)20-27-9-7-17-39-27/h10-15,18,27-28H,3-4,6-7,9,16-17,19-21H2,1-2H3/t27-,28+/m1/s1. The summed E-state index contributed by atoms with van der Waals surface area (Å²) in [6.45, 7) is 2.96. The van der Waals surface area contributed by atoms with Gasteiger partial charge in [0.1, 0.15) is 12.4 Å². The van der Waals surface area contributed by atoms with Crippen LogP contribution in [0.15, 0.2) is 53.7 Å². The van der Waals surface area contributed by atoms with Crippen molar-refractivity contribution < 1.29 is 23.8 Å². The summed E-state index contributed by atoms with van der Waals surface area (Å²) in [5.74, 6) is 6.61. The summed E-state index contributed by atoms with van der Waals surface area (Å²) < 4.78 is 17.2.